The number of aryl methyl sites for hydroxylation is 1. The van der Waals surface area contributed by atoms with Crippen LogP contribution in [0.5, 0.6) is 0 Å². The number of amides is 2. The zero-order valence-corrected chi connectivity index (χ0v) is 15.5. The van der Waals surface area contributed by atoms with Gasteiger partial charge in [0.1, 0.15) is 0 Å². The fraction of sp³-hybridized carbons (Fsp3) is 0.556. The molecule has 0 unspecified atom stereocenters. The summed E-state index contributed by atoms with van der Waals surface area (Å²) in [6.07, 6.45) is 4.60. The van der Waals surface area contributed by atoms with Crippen molar-refractivity contribution < 1.29 is 9.59 Å². The number of hydrogen-bond acceptors (Lipinski definition) is 3. The molecule has 1 aromatic carbocycles. The van der Waals surface area contributed by atoms with E-state index >= 15 is 0 Å². The Morgan fingerprint density at radius 1 is 1.17 bits per heavy atom. The summed E-state index contributed by atoms with van der Waals surface area (Å²) in [5.41, 5.74) is 7.62. The summed E-state index contributed by atoms with van der Waals surface area (Å²) in [6.45, 7) is 5.71. The van der Waals surface area contributed by atoms with Crippen molar-refractivity contribution in [1.82, 2.24) is 5.32 Å². The highest BCUT2D eigenvalue weighted by Crippen LogP contribution is 2.27. The van der Waals surface area contributed by atoms with Crippen molar-refractivity contribution in [3.05, 3.63) is 29.3 Å². The van der Waals surface area contributed by atoms with Crippen molar-refractivity contribution in [2.24, 2.45) is 5.73 Å². The Morgan fingerprint density at radius 2 is 1.79 bits per heavy atom. The van der Waals surface area contributed by atoms with E-state index in [1.165, 1.54) is 0 Å². The van der Waals surface area contributed by atoms with Gasteiger partial charge in [0.15, 0.2) is 0 Å². The van der Waals surface area contributed by atoms with Crippen molar-refractivity contribution >= 4 is 29.9 Å². The first-order chi connectivity index (χ1) is 10.8. The first kappa shape index (κ1) is 20.5. The van der Waals surface area contributed by atoms with Gasteiger partial charge in [0.2, 0.25) is 5.91 Å². The summed E-state index contributed by atoms with van der Waals surface area (Å²) in [4.78, 5) is 24.5. The van der Waals surface area contributed by atoms with Crippen molar-refractivity contribution in [3.8, 4) is 0 Å². The highest BCUT2D eigenvalue weighted by atomic mass is 35.5. The molecular formula is C18H28ClN3O2. The Bertz CT molecular complexity index is 596. The Labute approximate surface area is 150 Å². The van der Waals surface area contributed by atoms with Gasteiger partial charge in [-0.15, -0.1) is 12.4 Å². The zero-order chi connectivity index (χ0) is 17.0. The molecule has 0 aromatic heterocycles. The molecule has 6 heteroatoms. The van der Waals surface area contributed by atoms with E-state index in [0.717, 1.165) is 37.7 Å². The molecule has 2 amide bonds. The molecule has 1 fully saturated rings. The maximum absolute atomic E-state index is 12.4. The van der Waals surface area contributed by atoms with Gasteiger partial charge in [-0.25, -0.2) is 0 Å². The van der Waals surface area contributed by atoms with E-state index < -0.39 is 5.54 Å². The van der Waals surface area contributed by atoms with Crippen LogP contribution < -0.4 is 16.4 Å². The quantitative estimate of drug-likeness (QED) is 0.777. The van der Waals surface area contributed by atoms with Crippen LogP contribution in [0.2, 0.25) is 0 Å². The molecule has 1 saturated carbocycles. The normalized spacial score (nSPS) is 16.2. The number of nitrogens with two attached hydrogens (primary N) is 1. The average molecular weight is 354 g/mol. The van der Waals surface area contributed by atoms with Crippen LogP contribution in [0.25, 0.3) is 0 Å². The van der Waals surface area contributed by atoms with E-state index in [9.17, 15) is 9.59 Å². The van der Waals surface area contributed by atoms with E-state index in [1.807, 2.05) is 26.8 Å². The van der Waals surface area contributed by atoms with Crippen molar-refractivity contribution in [2.45, 2.75) is 64.5 Å². The number of halogens is 1. The number of benzene rings is 1. The monoisotopic (exact) mass is 353 g/mol. The second kappa shape index (κ2) is 8.49. The molecule has 4 N–H and O–H groups in total. The smallest absolute Gasteiger partial charge is 0.251 e. The highest BCUT2D eigenvalue weighted by molar-refractivity contribution is 6.00. The SMILES string of the molecule is Cc1cc(NC(=O)C2(N)CCCCC2)ccc1C(=O)NC(C)C.Cl. The largest absolute Gasteiger partial charge is 0.350 e. The third kappa shape index (κ3) is 4.95. The molecule has 0 bridgehead atoms. The minimum Gasteiger partial charge on any atom is -0.350 e. The minimum absolute atomic E-state index is 0. The van der Waals surface area contributed by atoms with E-state index in [-0.39, 0.29) is 30.3 Å². The molecule has 1 aliphatic carbocycles. The van der Waals surface area contributed by atoms with Crippen molar-refractivity contribution in [1.29, 1.82) is 0 Å². The lowest BCUT2D eigenvalue weighted by Gasteiger charge is -2.31. The first-order valence-corrected chi connectivity index (χ1v) is 8.34. The van der Waals surface area contributed by atoms with E-state index in [4.69, 9.17) is 5.73 Å². The fourth-order valence-corrected chi connectivity index (χ4v) is 3.00. The molecule has 1 aromatic rings. The standard InChI is InChI=1S/C18H27N3O2.ClH/c1-12(2)20-16(22)15-8-7-14(11-13(15)3)21-17(23)18(19)9-5-4-6-10-18;/h7-8,11-12H,4-6,9-10,19H2,1-3H3,(H,20,22)(H,21,23);1H. The second-order valence-corrected chi connectivity index (χ2v) is 6.83. The van der Waals surface area contributed by atoms with E-state index in [2.05, 4.69) is 10.6 Å². The van der Waals surface area contributed by atoms with Gasteiger partial charge in [0, 0.05) is 17.3 Å². The van der Waals surface area contributed by atoms with Crippen LogP contribution in [0, 0.1) is 6.92 Å². The van der Waals surface area contributed by atoms with Crippen LogP contribution in [-0.2, 0) is 4.79 Å². The van der Waals surface area contributed by atoms with Crippen LogP contribution in [0.15, 0.2) is 18.2 Å². The van der Waals surface area contributed by atoms with Gasteiger partial charge < -0.3 is 16.4 Å². The summed E-state index contributed by atoms with van der Waals surface area (Å²) in [5.74, 6) is -0.228. The van der Waals surface area contributed by atoms with Crippen LogP contribution >= 0.6 is 12.4 Å². The lowest BCUT2D eigenvalue weighted by atomic mass is 9.82. The number of anilines is 1. The third-order valence-corrected chi connectivity index (χ3v) is 4.35. The lowest BCUT2D eigenvalue weighted by molar-refractivity contribution is -0.122. The maximum Gasteiger partial charge on any atom is 0.251 e. The molecule has 1 aliphatic rings. The van der Waals surface area contributed by atoms with Gasteiger partial charge in [0.05, 0.1) is 5.54 Å². The molecule has 2 rings (SSSR count). The number of carbonyl (C=O) groups excluding carboxylic acids is 2. The van der Waals surface area contributed by atoms with Gasteiger partial charge in [-0.1, -0.05) is 19.3 Å². The molecule has 0 saturated heterocycles. The summed E-state index contributed by atoms with van der Waals surface area (Å²) in [5, 5.41) is 5.78. The molecule has 0 heterocycles. The van der Waals surface area contributed by atoms with Gasteiger partial charge in [-0.2, -0.15) is 0 Å². The molecule has 5 nitrogen and oxygen atoms in total. The average Bonchev–Trinajstić information content (AvgIpc) is 2.47. The number of rotatable bonds is 4. The molecule has 0 spiro atoms. The molecule has 24 heavy (non-hydrogen) atoms. The lowest BCUT2D eigenvalue weighted by Crippen LogP contribution is -2.52. The first-order valence-electron chi connectivity index (χ1n) is 8.34. The summed E-state index contributed by atoms with van der Waals surface area (Å²) >= 11 is 0. The Morgan fingerprint density at radius 3 is 2.33 bits per heavy atom. The molecule has 0 atom stereocenters. The number of nitrogens with one attached hydrogen (secondary N) is 2. The molecular weight excluding hydrogens is 326 g/mol. The van der Waals surface area contributed by atoms with Gasteiger partial charge >= 0.3 is 0 Å². The summed E-state index contributed by atoms with van der Waals surface area (Å²) < 4.78 is 0. The predicted molar refractivity (Wildman–Crippen MR) is 99.7 cm³/mol. The van der Waals surface area contributed by atoms with Crippen molar-refractivity contribution in [3.63, 3.8) is 0 Å². The van der Waals surface area contributed by atoms with E-state index in [1.54, 1.807) is 12.1 Å². The fourth-order valence-electron chi connectivity index (χ4n) is 3.00. The van der Waals surface area contributed by atoms with Crippen LogP contribution in [0.4, 0.5) is 5.69 Å². The Kier molecular flexibility index (Phi) is 7.24. The summed E-state index contributed by atoms with van der Waals surface area (Å²) in [7, 11) is 0. The third-order valence-electron chi connectivity index (χ3n) is 4.35. The van der Waals surface area contributed by atoms with Crippen molar-refractivity contribution in [2.75, 3.05) is 5.32 Å². The second-order valence-electron chi connectivity index (χ2n) is 6.83. The maximum atomic E-state index is 12.4. The molecule has 0 aliphatic heterocycles. The molecule has 134 valence electrons. The van der Waals surface area contributed by atoms with Crippen LogP contribution in [-0.4, -0.2) is 23.4 Å². The van der Waals surface area contributed by atoms with Gasteiger partial charge in [-0.05, 0) is 57.4 Å². The highest BCUT2D eigenvalue weighted by Gasteiger charge is 2.35. The van der Waals surface area contributed by atoms with Crippen LogP contribution in [0.1, 0.15) is 61.9 Å². The predicted octanol–water partition coefficient (Wildman–Crippen LogP) is 3.16. The Hall–Kier alpha value is -1.59. The molecule has 0 radical (unpaired) electrons. The topological polar surface area (TPSA) is 84.2 Å². The van der Waals surface area contributed by atoms with Crippen LogP contribution in [0.3, 0.4) is 0 Å². The van der Waals surface area contributed by atoms with Gasteiger partial charge in [-0.3, -0.25) is 9.59 Å². The Balaban J connectivity index is 0.00000288. The zero-order valence-electron chi connectivity index (χ0n) is 14.6. The summed E-state index contributed by atoms with van der Waals surface area (Å²) in [6, 6.07) is 5.41. The van der Waals surface area contributed by atoms with E-state index in [0.29, 0.717) is 11.3 Å². The number of carbonyl (C=O) groups is 2. The minimum atomic E-state index is -0.764. The van der Waals surface area contributed by atoms with Gasteiger partial charge in [0.25, 0.3) is 5.91 Å². The number of hydrogen-bond donors (Lipinski definition) is 3.